The second-order valence-corrected chi connectivity index (χ2v) is 6.45. The minimum Gasteiger partial charge on any atom is -0.323 e. The predicted molar refractivity (Wildman–Crippen MR) is 99.3 cm³/mol. The van der Waals surface area contributed by atoms with Gasteiger partial charge in [0.25, 0.3) is 0 Å². The number of thioether (sulfide) groups is 1. The van der Waals surface area contributed by atoms with Crippen LogP contribution in [0.25, 0.3) is 11.4 Å². The molecule has 8 heteroatoms. The third-order valence-electron chi connectivity index (χ3n) is 3.58. The first-order valence-electron chi connectivity index (χ1n) is 8.19. The van der Waals surface area contributed by atoms with E-state index in [1.165, 1.54) is 23.9 Å². The van der Waals surface area contributed by atoms with Crippen LogP contribution in [-0.4, -0.2) is 31.4 Å². The number of halogens is 1. The van der Waals surface area contributed by atoms with Gasteiger partial charge in [-0.2, -0.15) is 0 Å². The van der Waals surface area contributed by atoms with Gasteiger partial charge in [0, 0.05) is 24.5 Å². The molecule has 2 aromatic heterocycles. The van der Waals surface area contributed by atoms with E-state index in [1.807, 2.05) is 16.7 Å². The van der Waals surface area contributed by atoms with E-state index in [4.69, 9.17) is 0 Å². The van der Waals surface area contributed by atoms with Crippen molar-refractivity contribution in [1.29, 1.82) is 0 Å². The Morgan fingerprint density at radius 3 is 2.69 bits per heavy atom. The van der Waals surface area contributed by atoms with Crippen molar-refractivity contribution in [2.24, 2.45) is 0 Å². The van der Waals surface area contributed by atoms with E-state index in [9.17, 15) is 9.18 Å². The van der Waals surface area contributed by atoms with E-state index in [0.717, 1.165) is 24.4 Å². The Balaban J connectivity index is 1.71. The number of carbonyl (C=O) groups is 1. The molecule has 0 bridgehead atoms. The van der Waals surface area contributed by atoms with Crippen molar-refractivity contribution in [2.45, 2.75) is 25.0 Å². The molecule has 26 heavy (non-hydrogen) atoms. The Hall–Kier alpha value is -2.74. The zero-order valence-electron chi connectivity index (χ0n) is 14.2. The Bertz CT molecular complexity index is 884. The van der Waals surface area contributed by atoms with Gasteiger partial charge in [-0.1, -0.05) is 30.8 Å². The number of aromatic nitrogens is 4. The van der Waals surface area contributed by atoms with E-state index in [2.05, 4.69) is 27.4 Å². The van der Waals surface area contributed by atoms with Gasteiger partial charge < -0.3 is 9.88 Å². The zero-order chi connectivity index (χ0) is 18.4. The topological polar surface area (TPSA) is 72.7 Å². The van der Waals surface area contributed by atoms with Gasteiger partial charge in [-0.05, 0) is 30.7 Å². The maximum Gasteiger partial charge on any atom is 0.234 e. The number of carbonyl (C=O) groups excluding carboxylic acids is 1. The Kier molecular flexibility index (Phi) is 5.96. The van der Waals surface area contributed by atoms with Gasteiger partial charge in [-0.15, -0.1) is 10.2 Å². The van der Waals surface area contributed by atoms with Crippen LogP contribution in [0.15, 0.2) is 53.9 Å². The third kappa shape index (κ3) is 4.26. The zero-order valence-corrected chi connectivity index (χ0v) is 15.0. The molecule has 0 saturated heterocycles. The smallest absolute Gasteiger partial charge is 0.234 e. The van der Waals surface area contributed by atoms with E-state index in [-0.39, 0.29) is 17.3 Å². The van der Waals surface area contributed by atoms with E-state index < -0.39 is 5.82 Å². The minimum absolute atomic E-state index is 0.118. The molecule has 3 aromatic rings. The van der Waals surface area contributed by atoms with Crippen LogP contribution in [0, 0.1) is 5.82 Å². The lowest BCUT2D eigenvalue weighted by molar-refractivity contribution is -0.113. The molecular weight excluding hydrogens is 353 g/mol. The van der Waals surface area contributed by atoms with Crippen molar-refractivity contribution in [1.82, 2.24) is 19.7 Å². The molecule has 0 aliphatic carbocycles. The Morgan fingerprint density at radius 2 is 1.96 bits per heavy atom. The van der Waals surface area contributed by atoms with Gasteiger partial charge in [-0.25, -0.2) is 4.39 Å². The maximum atomic E-state index is 13.6. The monoisotopic (exact) mass is 371 g/mol. The fourth-order valence-electron chi connectivity index (χ4n) is 2.41. The van der Waals surface area contributed by atoms with Gasteiger partial charge in [-0.3, -0.25) is 9.78 Å². The van der Waals surface area contributed by atoms with Crippen molar-refractivity contribution in [3.05, 3.63) is 54.6 Å². The van der Waals surface area contributed by atoms with Crippen molar-refractivity contribution >= 4 is 23.4 Å². The predicted octanol–water partition coefficient (Wildman–Crippen LogP) is 3.62. The molecule has 0 saturated carbocycles. The van der Waals surface area contributed by atoms with Crippen molar-refractivity contribution in [3.8, 4) is 11.4 Å². The fourth-order valence-corrected chi connectivity index (χ4v) is 3.18. The second kappa shape index (κ2) is 8.57. The summed E-state index contributed by atoms with van der Waals surface area (Å²) in [4.78, 5) is 16.1. The number of rotatable bonds is 7. The average molecular weight is 371 g/mol. The molecule has 1 N–H and O–H groups in total. The first kappa shape index (κ1) is 18.1. The molecule has 0 aliphatic rings. The fraction of sp³-hybridized carbons (Fsp3) is 0.222. The van der Waals surface area contributed by atoms with Crippen LogP contribution in [0.5, 0.6) is 0 Å². The summed E-state index contributed by atoms with van der Waals surface area (Å²) < 4.78 is 15.6. The van der Waals surface area contributed by atoms with Crippen LogP contribution in [0.2, 0.25) is 0 Å². The lowest BCUT2D eigenvalue weighted by Crippen LogP contribution is -2.15. The molecule has 3 rings (SSSR count). The molecule has 6 nitrogen and oxygen atoms in total. The number of hydrogen-bond acceptors (Lipinski definition) is 5. The molecule has 1 aromatic carbocycles. The van der Waals surface area contributed by atoms with Gasteiger partial charge >= 0.3 is 0 Å². The molecular formula is C18H18FN5OS. The van der Waals surface area contributed by atoms with Crippen LogP contribution >= 0.6 is 11.8 Å². The number of nitrogens with zero attached hydrogens (tertiary/aromatic N) is 4. The summed E-state index contributed by atoms with van der Waals surface area (Å²) in [6.45, 7) is 2.80. The van der Waals surface area contributed by atoms with E-state index >= 15 is 0 Å². The average Bonchev–Trinajstić information content (AvgIpc) is 3.06. The second-order valence-electron chi connectivity index (χ2n) is 5.51. The van der Waals surface area contributed by atoms with Crippen LogP contribution in [-0.2, 0) is 11.3 Å². The first-order valence-corrected chi connectivity index (χ1v) is 9.18. The van der Waals surface area contributed by atoms with E-state index in [0.29, 0.717) is 5.16 Å². The van der Waals surface area contributed by atoms with Crippen molar-refractivity contribution in [3.63, 3.8) is 0 Å². The van der Waals surface area contributed by atoms with Gasteiger partial charge in [0.15, 0.2) is 11.0 Å². The largest absolute Gasteiger partial charge is 0.323 e. The molecule has 0 fully saturated rings. The van der Waals surface area contributed by atoms with Gasteiger partial charge in [0.2, 0.25) is 5.91 Å². The first-order chi connectivity index (χ1) is 12.7. The third-order valence-corrected chi connectivity index (χ3v) is 4.55. The van der Waals surface area contributed by atoms with Crippen molar-refractivity contribution in [2.75, 3.05) is 11.1 Å². The number of pyridine rings is 1. The van der Waals surface area contributed by atoms with Gasteiger partial charge in [0.1, 0.15) is 5.82 Å². The SMILES string of the molecule is CCCn1c(SCC(=O)Nc2ccccc2F)nnc1-c1ccncc1. The Labute approximate surface area is 154 Å². The summed E-state index contributed by atoms with van der Waals surface area (Å²) in [6.07, 6.45) is 4.31. The Morgan fingerprint density at radius 1 is 1.19 bits per heavy atom. The van der Waals surface area contributed by atoms with Crippen LogP contribution in [0.4, 0.5) is 10.1 Å². The summed E-state index contributed by atoms with van der Waals surface area (Å²) in [5.74, 6) is 0.106. The van der Waals surface area contributed by atoms with Crippen LogP contribution < -0.4 is 5.32 Å². The number of nitrogens with one attached hydrogen (secondary N) is 1. The highest BCUT2D eigenvalue weighted by atomic mass is 32.2. The number of hydrogen-bond donors (Lipinski definition) is 1. The molecule has 134 valence electrons. The molecule has 2 heterocycles. The summed E-state index contributed by atoms with van der Waals surface area (Å²) in [5, 5.41) is 11.7. The molecule has 0 unspecified atom stereocenters. The van der Waals surface area contributed by atoms with Gasteiger partial charge in [0.05, 0.1) is 11.4 Å². The highest BCUT2D eigenvalue weighted by Gasteiger charge is 2.15. The van der Waals surface area contributed by atoms with Crippen LogP contribution in [0.1, 0.15) is 13.3 Å². The normalized spacial score (nSPS) is 10.7. The number of para-hydroxylation sites is 1. The standard InChI is InChI=1S/C18H18FN5OS/c1-2-11-24-17(13-7-9-20-10-8-13)22-23-18(24)26-12-16(25)21-15-6-4-3-5-14(15)19/h3-10H,2,11-12H2,1H3,(H,21,25). The lowest BCUT2D eigenvalue weighted by Gasteiger charge is -2.09. The summed E-state index contributed by atoms with van der Waals surface area (Å²) >= 11 is 1.27. The molecule has 0 radical (unpaired) electrons. The number of anilines is 1. The summed E-state index contributed by atoms with van der Waals surface area (Å²) in [6, 6.07) is 9.82. The number of amides is 1. The maximum absolute atomic E-state index is 13.6. The van der Waals surface area contributed by atoms with Crippen molar-refractivity contribution < 1.29 is 9.18 Å². The molecule has 1 amide bonds. The summed E-state index contributed by atoms with van der Waals surface area (Å²) in [5.41, 5.74) is 1.09. The highest BCUT2D eigenvalue weighted by Crippen LogP contribution is 2.24. The highest BCUT2D eigenvalue weighted by molar-refractivity contribution is 7.99. The van der Waals surface area contributed by atoms with Crippen LogP contribution in [0.3, 0.4) is 0 Å². The minimum atomic E-state index is -0.458. The lowest BCUT2D eigenvalue weighted by atomic mass is 10.2. The number of benzene rings is 1. The molecule has 0 spiro atoms. The quantitative estimate of drug-likeness (QED) is 0.642. The molecule has 0 aliphatic heterocycles. The summed E-state index contributed by atoms with van der Waals surface area (Å²) in [7, 11) is 0. The van der Waals surface area contributed by atoms with E-state index in [1.54, 1.807) is 24.5 Å². The molecule has 0 atom stereocenters.